The lowest BCUT2D eigenvalue weighted by Crippen LogP contribution is -2.14. The maximum absolute atomic E-state index is 11.3. The highest BCUT2D eigenvalue weighted by molar-refractivity contribution is 6.03. The molecule has 0 radical (unpaired) electrons. The van der Waals surface area contributed by atoms with E-state index in [9.17, 15) is 9.59 Å². The number of hydrogen-bond donors (Lipinski definition) is 1. The molecule has 0 fully saturated rings. The lowest BCUT2D eigenvalue weighted by atomic mass is 10.2. The molecule has 0 atom stereocenters. The molecule has 1 N–H and O–H groups in total. The minimum Gasteiger partial charge on any atom is -0.494 e. The Morgan fingerprint density at radius 2 is 2.12 bits per heavy atom. The van der Waals surface area contributed by atoms with Crippen molar-refractivity contribution in [2.75, 3.05) is 11.9 Å². The molecule has 0 spiro atoms. The number of hydrogen-bond acceptors (Lipinski definition) is 3. The number of ether oxygens (including phenoxy) is 1. The highest BCUT2D eigenvalue weighted by atomic mass is 16.5. The number of ketones is 1. The molecule has 0 aliphatic rings. The van der Waals surface area contributed by atoms with Crippen molar-refractivity contribution >= 4 is 17.4 Å². The Kier molecular flexibility index (Phi) is 4.51. The maximum Gasteiger partial charge on any atom is 0.231 e. The lowest BCUT2D eigenvalue weighted by Gasteiger charge is -2.07. The Bertz CT molecular complexity index is 388. The van der Waals surface area contributed by atoms with Gasteiger partial charge in [-0.05, 0) is 26.0 Å². The monoisotopic (exact) mass is 221 g/mol. The molecule has 0 unspecified atom stereocenters. The molecule has 86 valence electrons. The summed E-state index contributed by atoms with van der Waals surface area (Å²) in [6.07, 6.45) is -0.0984. The highest BCUT2D eigenvalue weighted by Gasteiger charge is 2.05. The minimum absolute atomic E-state index is 0.0984. The third-order valence-corrected chi connectivity index (χ3v) is 1.84. The van der Waals surface area contributed by atoms with E-state index in [0.717, 1.165) is 0 Å². The van der Waals surface area contributed by atoms with E-state index in [0.29, 0.717) is 18.0 Å². The molecule has 0 saturated heterocycles. The number of anilines is 1. The fourth-order valence-electron chi connectivity index (χ4n) is 1.26. The standard InChI is InChI=1S/C12H15NO3/c1-3-16-11-6-4-5-10(8-11)13-12(15)7-9(2)14/h4-6,8H,3,7H2,1-2H3,(H,13,15). The summed E-state index contributed by atoms with van der Waals surface area (Å²) >= 11 is 0. The molecule has 0 saturated carbocycles. The summed E-state index contributed by atoms with van der Waals surface area (Å²) < 4.78 is 5.29. The zero-order valence-corrected chi connectivity index (χ0v) is 9.45. The van der Waals surface area contributed by atoms with Gasteiger partial charge in [-0.3, -0.25) is 9.59 Å². The molecule has 4 nitrogen and oxygen atoms in total. The second kappa shape index (κ2) is 5.90. The van der Waals surface area contributed by atoms with Crippen LogP contribution in [0.15, 0.2) is 24.3 Å². The van der Waals surface area contributed by atoms with Crippen molar-refractivity contribution in [3.05, 3.63) is 24.3 Å². The molecular weight excluding hydrogens is 206 g/mol. The second-order valence-electron chi connectivity index (χ2n) is 3.39. The summed E-state index contributed by atoms with van der Waals surface area (Å²) in [5, 5.41) is 2.63. The van der Waals surface area contributed by atoms with Crippen LogP contribution in [-0.2, 0) is 9.59 Å². The van der Waals surface area contributed by atoms with Gasteiger partial charge in [0, 0.05) is 11.8 Å². The average Bonchev–Trinajstić information content (AvgIpc) is 2.17. The molecule has 1 aromatic carbocycles. The number of benzene rings is 1. The molecule has 16 heavy (non-hydrogen) atoms. The molecule has 0 aromatic heterocycles. The van der Waals surface area contributed by atoms with E-state index in [1.165, 1.54) is 6.92 Å². The van der Waals surface area contributed by atoms with Crippen molar-refractivity contribution in [2.45, 2.75) is 20.3 Å². The average molecular weight is 221 g/mol. The summed E-state index contributed by atoms with van der Waals surface area (Å²) in [6, 6.07) is 7.07. The van der Waals surface area contributed by atoms with Gasteiger partial charge in [-0.1, -0.05) is 6.07 Å². The van der Waals surface area contributed by atoms with Crippen LogP contribution in [0.2, 0.25) is 0 Å². The summed E-state index contributed by atoms with van der Waals surface area (Å²) in [5.41, 5.74) is 0.636. The van der Waals surface area contributed by atoms with Crippen molar-refractivity contribution in [2.24, 2.45) is 0 Å². The first-order valence-corrected chi connectivity index (χ1v) is 5.14. The van der Waals surface area contributed by atoms with E-state index >= 15 is 0 Å². The SMILES string of the molecule is CCOc1cccc(NC(=O)CC(C)=O)c1. The fourth-order valence-corrected chi connectivity index (χ4v) is 1.26. The molecule has 0 aliphatic carbocycles. The minimum atomic E-state index is -0.304. The topological polar surface area (TPSA) is 55.4 Å². The molecule has 0 heterocycles. The summed E-state index contributed by atoms with van der Waals surface area (Å²) in [6.45, 7) is 3.85. The van der Waals surface area contributed by atoms with Crippen molar-refractivity contribution in [1.82, 2.24) is 0 Å². The van der Waals surface area contributed by atoms with Crippen LogP contribution >= 0.6 is 0 Å². The van der Waals surface area contributed by atoms with E-state index in [1.54, 1.807) is 18.2 Å². The van der Waals surface area contributed by atoms with Gasteiger partial charge in [0.05, 0.1) is 13.0 Å². The Hall–Kier alpha value is -1.84. The van der Waals surface area contributed by atoms with Gasteiger partial charge in [-0.15, -0.1) is 0 Å². The predicted molar refractivity (Wildman–Crippen MR) is 61.5 cm³/mol. The van der Waals surface area contributed by atoms with Crippen LogP contribution in [-0.4, -0.2) is 18.3 Å². The van der Waals surface area contributed by atoms with Gasteiger partial charge in [0.1, 0.15) is 11.5 Å². The number of rotatable bonds is 5. The highest BCUT2D eigenvalue weighted by Crippen LogP contribution is 2.17. The Morgan fingerprint density at radius 3 is 2.75 bits per heavy atom. The van der Waals surface area contributed by atoms with Gasteiger partial charge in [-0.2, -0.15) is 0 Å². The van der Waals surface area contributed by atoms with Crippen LogP contribution < -0.4 is 10.1 Å². The number of carbonyl (C=O) groups excluding carboxylic acids is 2. The molecule has 4 heteroatoms. The summed E-state index contributed by atoms with van der Waals surface area (Å²) in [7, 11) is 0. The third kappa shape index (κ3) is 4.13. The van der Waals surface area contributed by atoms with E-state index in [1.807, 2.05) is 13.0 Å². The molecule has 1 rings (SSSR count). The molecule has 0 bridgehead atoms. The normalized spacial score (nSPS) is 9.62. The summed E-state index contributed by atoms with van der Waals surface area (Å²) in [5.74, 6) is 0.239. The number of amides is 1. The first kappa shape index (κ1) is 12.2. The van der Waals surface area contributed by atoms with Gasteiger partial charge in [0.25, 0.3) is 0 Å². The maximum atomic E-state index is 11.3. The van der Waals surface area contributed by atoms with E-state index in [2.05, 4.69) is 5.32 Å². The molecule has 1 aromatic rings. The van der Waals surface area contributed by atoms with E-state index in [-0.39, 0.29) is 18.1 Å². The van der Waals surface area contributed by atoms with Crippen LogP contribution in [0.4, 0.5) is 5.69 Å². The zero-order chi connectivity index (χ0) is 12.0. The van der Waals surface area contributed by atoms with Gasteiger partial charge in [-0.25, -0.2) is 0 Å². The van der Waals surface area contributed by atoms with Crippen LogP contribution in [0.25, 0.3) is 0 Å². The van der Waals surface area contributed by atoms with Crippen molar-refractivity contribution in [3.8, 4) is 5.75 Å². The lowest BCUT2D eigenvalue weighted by molar-refractivity contribution is -0.124. The van der Waals surface area contributed by atoms with Crippen LogP contribution in [0.5, 0.6) is 5.75 Å². The number of carbonyl (C=O) groups is 2. The number of Topliss-reactive ketones (excluding diaryl/α,β-unsaturated/α-hetero) is 1. The van der Waals surface area contributed by atoms with Crippen LogP contribution in [0.3, 0.4) is 0 Å². The zero-order valence-electron chi connectivity index (χ0n) is 9.45. The first-order valence-electron chi connectivity index (χ1n) is 5.14. The van der Waals surface area contributed by atoms with Crippen molar-refractivity contribution in [3.63, 3.8) is 0 Å². The van der Waals surface area contributed by atoms with Crippen LogP contribution in [0.1, 0.15) is 20.3 Å². The fraction of sp³-hybridized carbons (Fsp3) is 0.333. The van der Waals surface area contributed by atoms with Crippen molar-refractivity contribution < 1.29 is 14.3 Å². The largest absolute Gasteiger partial charge is 0.494 e. The molecular formula is C12H15NO3. The Balaban J connectivity index is 2.62. The smallest absolute Gasteiger partial charge is 0.231 e. The third-order valence-electron chi connectivity index (χ3n) is 1.84. The molecule has 1 amide bonds. The first-order chi connectivity index (χ1) is 7.61. The van der Waals surface area contributed by atoms with Crippen molar-refractivity contribution in [1.29, 1.82) is 0 Å². The Morgan fingerprint density at radius 1 is 1.38 bits per heavy atom. The molecule has 0 aliphatic heterocycles. The van der Waals surface area contributed by atoms with E-state index in [4.69, 9.17) is 4.74 Å². The van der Waals surface area contributed by atoms with Gasteiger partial charge < -0.3 is 10.1 Å². The van der Waals surface area contributed by atoms with Gasteiger partial charge in [0.15, 0.2) is 0 Å². The number of nitrogens with one attached hydrogen (secondary N) is 1. The predicted octanol–water partition coefficient (Wildman–Crippen LogP) is 2.00. The van der Waals surface area contributed by atoms with Gasteiger partial charge in [0.2, 0.25) is 5.91 Å². The Labute approximate surface area is 94.6 Å². The van der Waals surface area contributed by atoms with Gasteiger partial charge >= 0.3 is 0 Å². The summed E-state index contributed by atoms with van der Waals surface area (Å²) in [4.78, 5) is 22.0. The van der Waals surface area contributed by atoms with E-state index < -0.39 is 0 Å². The van der Waals surface area contributed by atoms with Crippen LogP contribution in [0, 0.1) is 0 Å². The quantitative estimate of drug-likeness (QED) is 0.774. The second-order valence-corrected chi connectivity index (χ2v) is 3.39.